The third kappa shape index (κ3) is 7.36. The van der Waals surface area contributed by atoms with E-state index >= 15 is 0 Å². The van der Waals surface area contributed by atoms with Gasteiger partial charge in [-0.3, -0.25) is 4.79 Å². The minimum Gasteiger partial charge on any atom is -0.493 e. The molecule has 1 aliphatic carbocycles. The van der Waals surface area contributed by atoms with E-state index in [2.05, 4.69) is 12.1 Å². The molecule has 0 aromatic heterocycles. The first-order chi connectivity index (χ1) is 17.1. The maximum atomic E-state index is 12.3. The highest BCUT2D eigenvalue weighted by Crippen LogP contribution is 2.35. The van der Waals surface area contributed by atoms with Gasteiger partial charge in [-0.25, -0.2) is 0 Å². The molecule has 2 atom stereocenters. The van der Waals surface area contributed by atoms with E-state index in [0.717, 1.165) is 61.7 Å². The van der Waals surface area contributed by atoms with Crippen molar-refractivity contribution in [3.63, 3.8) is 0 Å². The first-order valence-electron chi connectivity index (χ1n) is 12.6. The molecule has 0 amide bonds. The number of ether oxygens (including phenoxy) is 6. The third-order valence-electron chi connectivity index (χ3n) is 6.71. The number of aryl methyl sites for hydroxylation is 1. The smallest absolute Gasteiger partial charge is 0.309 e. The first kappa shape index (κ1) is 23.9. The molecular formula is C28H34O7. The van der Waals surface area contributed by atoms with Crippen LogP contribution in [-0.4, -0.2) is 57.3 Å². The zero-order valence-corrected chi connectivity index (χ0v) is 20.3. The molecular weight excluding hydrogens is 448 g/mol. The summed E-state index contributed by atoms with van der Waals surface area (Å²) in [6.07, 6.45) is 4.55. The molecule has 3 fully saturated rings. The largest absolute Gasteiger partial charge is 0.493 e. The fourth-order valence-electron chi connectivity index (χ4n) is 4.42. The maximum absolute atomic E-state index is 12.3. The number of esters is 1. The Bertz CT molecular complexity index is 973. The number of rotatable bonds is 12. The Labute approximate surface area is 206 Å². The molecule has 1 saturated carbocycles. The van der Waals surface area contributed by atoms with Crippen LogP contribution in [0.2, 0.25) is 0 Å². The van der Waals surface area contributed by atoms with Gasteiger partial charge in [-0.05, 0) is 80.0 Å². The number of carbonyl (C=O) groups is 1. The van der Waals surface area contributed by atoms with Gasteiger partial charge in [-0.1, -0.05) is 12.1 Å². The van der Waals surface area contributed by atoms with E-state index in [1.165, 1.54) is 5.56 Å². The van der Waals surface area contributed by atoms with Crippen molar-refractivity contribution in [2.24, 2.45) is 0 Å². The van der Waals surface area contributed by atoms with Crippen LogP contribution < -0.4 is 14.2 Å². The lowest BCUT2D eigenvalue weighted by Gasteiger charge is -2.28. The van der Waals surface area contributed by atoms with Crippen molar-refractivity contribution >= 4 is 5.97 Å². The summed E-state index contributed by atoms with van der Waals surface area (Å²) in [6, 6.07) is 14.1. The molecule has 2 unspecified atom stereocenters. The SMILES string of the molecule is Cc1cc(OCCC(=O)OC2CCC(c3ccc(OCC4CO4)cc3)CC2)ccc1OCC1CO1. The summed E-state index contributed by atoms with van der Waals surface area (Å²) < 4.78 is 33.3. The third-order valence-corrected chi connectivity index (χ3v) is 6.71. The molecule has 188 valence electrons. The molecule has 7 nitrogen and oxygen atoms in total. The average molecular weight is 483 g/mol. The van der Waals surface area contributed by atoms with E-state index < -0.39 is 0 Å². The number of hydrogen-bond acceptors (Lipinski definition) is 7. The van der Waals surface area contributed by atoms with Crippen molar-refractivity contribution in [1.29, 1.82) is 0 Å². The topological polar surface area (TPSA) is 79.1 Å². The normalized spacial score (nSPS) is 24.9. The fraction of sp³-hybridized carbons (Fsp3) is 0.536. The molecule has 0 radical (unpaired) electrons. The summed E-state index contributed by atoms with van der Waals surface area (Å²) in [5.74, 6) is 2.74. The van der Waals surface area contributed by atoms with Crippen LogP contribution in [0.4, 0.5) is 0 Å². The van der Waals surface area contributed by atoms with Crippen molar-refractivity contribution in [2.45, 2.75) is 63.3 Å². The predicted molar refractivity (Wildman–Crippen MR) is 129 cm³/mol. The van der Waals surface area contributed by atoms with Crippen LogP contribution in [0.15, 0.2) is 42.5 Å². The molecule has 2 aromatic rings. The minimum atomic E-state index is -0.198. The van der Waals surface area contributed by atoms with Gasteiger partial charge in [0, 0.05) is 0 Å². The Morgan fingerprint density at radius 3 is 2.17 bits per heavy atom. The van der Waals surface area contributed by atoms with Crippen LogP contribution in [0.1, 0.15) is 49.1 Å². The second kappa shape index (κ2) is 11.3. The molecule has 35 heavy (non-hydrogen) atoms. The lowest BCUT2D eigenvalue weighted by atomic mass is 9.83. The van der Waals surface area contributed by atoms with Gasteiger partial charge >= 0.3 is 5.97 Å². The van der Waals surface area contributed by atoms with E-state index in [0.29, 0.717) is 25.7 Å². The Balaban J connectivity index is 0.980. The molecule has 5 rings (SSSR count). The molecule has 0 spiro atoms. The molecule has 2 heterocycles. The Hall–Kier alpha value is -2.77. The van der Waals surface area contributed by atoms with Crippen LogP contribution in [0.25, 0.3) is 0 Å². The second-order valence-electron chi connectivity index (χ2n) is 9.59. The maximum Gasteiger partial charge on any atom is 0.309 e. The molecule has 0 bridgehead atoms. The summed E-state index contributed by atoms with van der Waals surface area (Å²) in [5, 5.41) is 0. The number of epoxide rings is 2. The molecule has 0 N–H and O–H groups in total. The number of hydrogen-bond donors (Lipinski definition) is 0. The number of benzene rings is 2. The summed E-state index contributed by atoms with van der Waals surface area (Å²) in [7, 11) is 0. The summed E-state index contributed by atoms with van der Waals surface area (Å²) in [5.41, 5.74) is 2.32. The lowest BCUT2D eigenvalue weighted by Crippen LogP contribution is -2.24. The molecule has 2 aromatic carbocycles. The monoisotopic (exact) mass is 482 g/mol. The van der Waals surface area contributed by atoms with E-state index in [-0.39, 0.29) is 30.7 Å². The molecule has 7 heteroatoms. The van der Waals surface area contributed by atoms with Crippen LogP contribution in [0.3, 0.4) is 0 Å². The Kier molecular flexibility index (Phi) is 7.74. The van der Waals surface area contributed by atoms with E-state index in [9.17, 15) is 4.79 Å². The van der Waals surface area contributed by atoms with Crippen LogP contribution in [0.5, 0.6) is 17.2 Å². The Morgan fingerprint density at radius 2 is 1.51 bits per heavy atom. The van der Waals surface area contributed by atoms with Crippen molar-refractivity contribution in [2.75, 3.05) is 33.0 Å². The van der Waals surface area contributed by atoms with Gasteiger partial charge in [-0.2, -0.15) is 0 Å². The molecule has 2 saturated heterocycles. The number of carbonyl (C=O) groups excluding carboxylic acids is 1. The standard InChI is InChI=1S/C28H34O7/c1-19-14-24(10-11-27(19)34-18-26-17-33-26)30-13-12-28(29)35-23-8-4-21(5-9-23)20-2-6-22(7-3-20)31-15-25-16-32-25/h2-3,6-7,10-11,14,21,23,25-26H,4-5,8-9,12-13,15-18H2,1H3. The lowest BCUT2D eigenvalue weighted by molar-refractivity contribution is -0.151. The predicted octanol–water partition coefficient (Wildman–Crippen LogP) is 4.59. The Morgan fingerprint density at radius 1 is 0.857 bits per heavy atom. The van der Waals surface area contributed by atoms with Gasteiger partial charge in [0.05, 0.1) is 26.2 Å². The fourth-order valence-corrected chi connectivity index (χ4v) is 4.42. The van der Waals surface area contributed by atoms with E-state index in [4.69, 9.17) is 28.4 Å². The highest BCUT2D eigenvalue weighted by Gasteiger charge is 2.26. The van der Waals surface area contributed by atoms with Crippen molar-refractivity contribution in [1.82, 2.24) is 0 Å². The van der Waals surface area contributed by atoms with Gasteiger partial charge in [0.1, 0.15) is 48.8 Å². The zero-order chi connectivity index (χ0) is 24.0. The van der Waals surface area contributed by atoms with Crippen LogP contribution in [-0.2, 0) is 19.0 Å². The van der Waals surface area contributed by atoms with E-state index in [1.54, 1.807) is 0 Å². The summed E-state index contributed by atoms with van der Waals surface area (Å²) >= 11 is 0. The zero-order valence-electron chi connectivity index (χ0n) is 20.3. The summed E-state index contributed by atoms with van der Waals surface area (Å²) in [4.78, 5) is 12.3. The van der Waals surface area contributed by atoms with Gasteiger partial charge in [0.2, 0.25) is 0 Å². The van der Waals surface area contributed by atoms with Crippen molar-refractivity contribution in [3.05, 3.63) is 53.6 Å². The van der Waals surface area contributed by atoms with Gasteiger partial charge in [0.15, 0.2) is 0 Å². The average Bonchev–Trinajstić information content (AvgIpc) is 3.79. The highest BCUT2D eigenvalue weighted by molar-refractivity contribution is 5.69. The molecule has 2 aliphatic heterocycles. The molecule has 3 aliphatic rings. The van der Waals surface area contributed by atoms with Gasteiger partial charge in [0.25, 0.3) is 0 Å². The highest BCUT2D eigenvalue weighted by atomic mass is 16.6. The van der Waals surface area contributed by atoms with Crippen LogP contribution >= 0.6 is 0 Å². The van der Waals surface area contributed by atoms with E-state index in [1.807, 2.05) is 37.3 Å². The van der Waals surface area contributed by atoms with Crippen molar-refractivity contribution in [3.8, 4) is 17.2 Å². The van der Waals surface area contributed by atoms with Gasteiger partial charge in [-0.15, -0.1) is 0 Å². The van der Waals surface area contributed by atoms with Gasteiger partial charge < -0.3 is 28.4 Å². The quantitative estimate of drug-likeness (QED) is 0.323. The summed E-state index contributed by atoms with van der Waals surface area (Å²) in [6.45, 7) is 5.06. The second-order valence-corrected chi connectivity index (χ2v) is 9.59. The van der Waals surface area contributed by atoms with Crippen molar-refractivity contribution < 1.29 is 33.2 Å². The van der Waals surface area contributed by atoms with Crippen LogP contribution in [0, 0.1) is 6.92 Å². The minimum absolute atomic E-state index is 0.00554. The first-order valence-corrected chi connectivity index (χ1v) is 12.6.